The summed E-state index contributed by atoms with van der Waals surface area (Å²) in [5, 5.41) is 6.35. The second-order valence-electron chi connectivity index (χ2n) is 4.36. The van der Waals surface area contributed by atoms with E-state index < -0.39 is 10.8 Å². The van der Waals surface area contributed by atoms with Crippen molar-refractivity contribution in [2.24, 2.45) is 4.99 Å². The fourth-order valence-corrected chi connectivity index (χ4v) is 2.66. The van der Waals surface area contributed by atoms with E-state index in [9.17, 15) is 4.21 Å². The van der Waals surface area contributed by atoms with Gasteiger partial charge >= 0.3 is 0 Å². The number of ether oxygens (including phenoxy) is 1. The van der Waals surface area contributed by atoms with E-state index in [4.69, 9.17) is 4.74 Å². The highest BCUT2D eigenvalue weighted by atomic mass is 127. The Balaban J connectivity index is 0.00000400. The molecular weight excluding hydrogens is 401 g/mol. The van der Waals surface area contributed by atoms with Crippen molar-refractivity contribution in [2.75, 3.05) is 33.1 Å². The Kier molecular flexibility index (Phi) is 11.6. The van der Waals surface area contributed by atoms with Gasteiger partial charge in [0.1, 0.15) is 0 Å². The second-order valence-corrected chi connectivity index (χ2v) is 5.93. The van der Waals surface area contributed by atoms with E-state index in [1.807, 2.05) is 37.3 Å². The van der Waals surface area contributed by atoms with Crippen LogP contribution in [0.4, 0.5) is 0 Å². The molecule has 1 aromatic carbocycles. The third kappa shape index (κ3) is 8.37. The molecule has 0 amide bonds. The zero-order valence-electron chi connectivity index (χ0n) is 12.7. The molecule has 0 aliphatic rings. The van der Waals surface area contributed by atoms with Gasteiger partial charge in [0.25, 0.3) is 0 Å². The van der Waals surface area contributed by atoms with E-state index in [2.05, 4.69) is 15.6 Å². The molecule has 7 heteroatoms. The fourth-order valence-electron chi connectivity index (χ4n) is 1.67. The van der Waals surface area contributed by atoms with E-state index in [0.717, 1.165) is 4.90 Å². The summed E-state index contributed by atoms with van der Waals surface area (Å²) < 4.78 is 17.1. The van der Waals surface area contributed by atoms with Crippen LogP contribution in [0, 0.1) is 0 Å². The molecule has 0 fully saturated rings. The van der Waals surface area contributed by atoms with Crippen molar-refractivity contribution in [3.8, 4) is 0 Å². The van der Waals surface area contributed by atoms with Gasteiger partial charge in [-0.3, -0.25) is 9.20 Å². The summed E-state index contributed by atoms with van der Waals surface area (Å²) in [7, 11) is 2.39. The lowest BCUT2D eigenvalue weighted by Gasteiger charge is -2.17. The number of nitrogens with one attached hydrogen (secondary N) is 2. The molecule has 0 bridgehead atoms. The quantitative estimate of drug-likeness (QED) is 0.396. The maximum atomic E-state index is 12.0. The third-order valence-electron chi connectivity index (χ3n) is 2.61. The molecule has 0 aromatic heterocycles. The van der Waals surface area contributed by atoms with Crippen molar-refractivity contribution in [3.05, 3.63) is 30.3 Å². The van der Waals surface area contributed by atoms with Crippen molar-refractivity contribution in [1.82, 2.24) is 10.6 Å². The molecule has 0 aliphatic carbocycles. The van der Waals surface area contributed by atoms with Crippen LogP contribution in [0.1, 0.15) is 6.92 Å². The number of aliphatic imine (C=N–C) groups is 1. The average Bonchev–Trinajstić information content (AvgIpc) is 2.47. The van der Waals surface area contributed by atoms with Crippen LogP contribution in [-0.2, 0) is 15.5 Å². The summed E-state index contributed by atoms with van der Waals surface area (Å²) in [5.74, 6) is 1.24. The van der Waals surface area contributed by atoms with Crippen molar-refractivity contribution < 1.29 is 8.95 Å². The van der Waals surface area contributed by atoms with Crippen LogP contribution in [0.5, 0.6) is 0 Å². The fraction of sp³-hybridized carbons (Fsp3) is 0.500. The van der Waals surface area contributed by atoms with E-state index in [-0.39, 0.29) is 30.0 Å². The highest BCUT2D eigenvalue weighted by Gasteiger charge is 2.06. The van der Waals surface area contributed by atoms with Crippen LogP contribution >= 0.6 is 24.0 Å². The van der Waals surface area contributed by atoms with Gasteiger partial charge in [0, 0.05) is 37.4 Å². The van der Waals surface area contributed by atoms with Crippen LogP contribution in [0.25, 0.3) is 0 Å². The van der Waals surface area contributed by atoms with Gasteiger partial charge in [-0.2, -0.15) is 0 Å². The Morgan fingerprint density at radius 1 is 1.38 bits per heavy atom. The molecule has 120 valence electrons. The van der Waals surface area contributed by atoms with Gasteiger partial charge in [-0.05, 0) is 19.1 Å². The SMILES string of the molecule is CN=C(NCCS(=O)c1ccccc1)NC(C)COC.I. The zero-order valence-corrected chi connectivity index (χ0v) is 15.8. The molecule has 5 nitrogen and oxygen atoms in total. The monoisotopic (exact) mass is 425 g/mol. The van der Waals surface area contributed by atoms with Gasteiger partial charge in [0.15, 0.2) is 5.96 Å². The maximum Gasteiger partial charge on any atom is 0.191 e. The minimum Gasteiger partial charge on any atom is -0.383 e. The number of hydrogen-bond donors (Lipinski definition) is 2. The van der Waals surface area contributed by atoms with Crippen molar-refractivity contribution >= 4 is 40.7 Å². The normalized spacial score (nSPS) is 14.0. The summed E-state index contributed by atoms with van der Waals surface area (Å²) in [6.45, 7) is 3.22. The first-order valence-electron chi connectivity index (χ1n) is 6.57. The largest absolute Gasteiger partial charge is 0.383 e. The van der Waals surface area contributed by atoms with Crippen LogP contribution in [-0.4, -0.2) is 49.3 Å². The first-order valence-corrected chi connectivity index (χ1v) is 7.88. The van der Waals surface area contributed by atoms with Gasteiger partial charge in [0.2, 0.25) is 0 Å². The molecule has 0 heterocycles. The predicted octanol–water partition coefficient (Wildman–Crippen LogP) is 1.61. The van der Waals surface area contributed by atoms with E-state index >= 15 is 0 Å². The number of guanidine groups is 1. The van der Waals surface area contributed by atoms with Crippen molar-refractivity contribution in [1.29, 1.82) is 0 Å². The molecule has 0 radical (unpaired) electrons. The molecule has 1 rings (SSSR count). The Labute approximate surface area is 146 Å². The number of rotatable bonds is 7. The van der Waals surface area contributed by atoms with Crippen molar-refractivity contribution in [2.45, 2.75) is 17.9 Å². The molecule has 1 aromatic rings. The smallest absolute Gasteiger partial charge is 0.191 e. The number of nitrogens with zero attached hydrogens (tertiary/aromatic N) is 1. The van der Waals surface area contributed by atoms with Gasteiger partial charge in [-0.25, -0.2) is 0 Å². The Hall–Kier alpha value is -0.670. The first kappa shape index (κ1) is 20.3. The summed E-state index contributed by atoms with van der Waals surface area (Å²) >= 11 is 0. The predicted molar refractivity (Wildman–Crippen MR) is 99.0 cm³/mol. The minimum atomic E-state index is -0.988. The van der Waals surface area contributed by atoms with Crippen LogP contribution in [0.3, 0.4) is 0 Å². The van der Waals surface area contributed by atoms with Gasteiger partial charge in [0.05, 0.1) is 17.4 Å². The highest BCUT2D eigenvalue weighted by Crippen LogP contribution is 2.04. The number of benzene rings is 1. The number of halogens is 1. The minimum absolute atomic E-state index is 0. The summed E-state index contributed by atoms with van der Waals surface area (Å²) in [6, 6.07) is 9.64. The molecule has 21 heavy (non-hydrogen) atoms. The van der Waals surface area contributed by atoms with Crippen LogP contribution in [0.15, 0.2) is 40.2 Å². The average molecular weight is 425 g/mol. The molecular formula is C14H24IN3O2S. The van der Waals surface area contributed by atoms with Crippen molar-refractivity contribution in [3.63, 3.8) is 0 Å². The molecule has 0 aliphatic heterocycles. The van der Waals surface area contributed by atoms with E-state index in [1.165, 1.54) is 0 Å². The molecule has 2 N–H and O–H groups in total. The Bertz CT molecular complexity index is 443. The van der Waals surface area contributed by atoms with E-state index in [0.29, 0.717) is 24.9 Å². The zero-order chi connectivity index (χ0) is 14.8. The van der Waals surface area contributed by atoms with Crippen LogP contribution < -0.4 is 10.6 Å². The lowest BCUT2D eigenvalue weighted by atomic mass is 10.4. The standard InChI is InChI=1S/C14H23N3O2S.HI/c1-12(11-19-3)17-14(15-2)16-9-10-20(18)13-7-5-4-6-8-13;/h4-8,12H,9-11H2,1-3H3,(H2,15,16,17);1H. The summed E-state index contributed by atoms with van der Waals surface area (Å²) in [6.07, 6.45) is 0. The number of hydrogen-bond acceptors (Lipinski definition) is 3. The number of methoxy groups -OCH3 is 1. The topological polar surface area (TPSA) is 62.7 Å². The Morgan fingerprint density at radius 2 is 2.05 bits per heavy atom. The molecule has 2 atom stereocenters. The first-order chi connectivity index (χ1) is 9.67. The molecule has 0 saturated heterocycles. The highest BCUT2D eigenvalue weighted by molar-refractivity contribution is 14.0. The lowest BCUT2D eigenvalue weighted by Crippen LogP contribution is -2.44. The molecule has 2 unspecified atom stereocenters. The molecule has 0 spiro atoms. The van der Waals surface area contributed by atoms with Gasteiger partial charge in [-0.15, -0.1) is 24.0 Å². The Morgan fingerprint density at radius 3 is 2.62 bits per heavy atom. The molecule has 0 saturated carbocycles. The van der Waals surface area contributed by atoms with E-state index in [1.54, 1.807) is 14.2 Å². The van der Waals surface area contributed by atoms with Gasteiger partial charge in [-0.1, -0.05) is 18.2 Å². The maximum absolute atomic E-state index is 12.0. The second kappa shape index (κ2) is 11.9. The van der Waals surface area contributed by atoms with Gasteiger partial charge < -0.3 is 15.4 Å². The summed E-state index contributed by atoms with van der Waals surface area (Å²) in [4.78, 5) is 4.97. The van der Waals surface area contributed by atoms with Crippen LogP contribution in [0.2, 0.25) is 0 Å². The lowest BCUT2D eigenvalue weighted by molar-refractivity contribution is 0.179. The summed E-state index contributed by atoms with van der Waals surface area (Å²) in [5.41, 5.74) is 0. The third-order valence-corrected chi connectivity index (χ3v) is 3.98.